The van der Waals surface area contributed by atoms with E-state index >= 15 is 0 Å². The minimum Gasteiger partial charge on any atom is -0.481 e. The van der Waals surface area contributed by atoms with E-state index in [1.807, 2.05) is 0 Å². The molecule has 2 unspecified atom stereocenters. The molecule has 7 atom stereocenters. The highest BCUT2D eigenvalue weighted by molar-refractivity contribution is 5.90. The predicted octanol–water partition coefficient (Wildman–Crippen LogP) is 2.18. The van der Waals surface area contributed by atoms with Crippen LogP contribution in [0.1, 0.15) is 135 Å². The fourth-order valence-electron chi connectivity index (χ4n) is 6.34. The summed E-state index contributed by atoms with van der Waals surface area (Å²) in [6.45, 7) is 1.26. The van der Waals surface area contributed by atoms with Crippen molar-refractivity contribution in [2.75, 3.05) is 19.8 Å². The Morgan fingerprint density at radius 2 is 1.39 bits per heavy atom. The lowest BCUT2D eigenvalue weighted by Crippen LogP contribution is -2.59. The van der Waals surface area contributed by atoms with Crippen molar-refractivity contribution in [2.45, 2.75) is 185 Å². The average molecular weight is 802 g/mol. The maximum absolute atomic E-state index is 13.1. The first-order chi connectivity index (χ1) is 27.0. The van der Waals surface area contributed by atoms with E-state index in [0.717, 1.165) is 19.3 Å². The number of aliphatic carboxylic acids is 2. The predicted molar refractivity (Wildman–Crippen MR) is 202 cm³/mol. The molecule has 1 aromatic rings. The first kappa shape index (κ1) is 48.9. The summed E-state index contributed by atoms with van der Waals surface area (Å²) in [5, 5.41) is 70.7. The van der Waals surface area contributed by atoms with Crippen LogP contribution in [0.4, 0.5) is 0 Å². The van der Waals surface area contributed by atoms with Gasteiger partial charge in [0.15, 0.2) is 6.29 Å². The van der Waals surface area contributed by atoms with E-state index in [-0.39, 0.29) is 39.2 Å². The molecule has 18 heteroatoms. The molecular weight excluding hydrogens is 734 g/mol. The highest BCUT2D eigenvalue weighted by Gasteiger charge is 2.44. The quantitative estimate of drug-likeness (QED) is 0.0474. The minimum absolute atomic E-state index is 0.0490. The summed E-state index contributed by atoms with van der Waals surface area (Å²) in [5.74, 6) is -3.86. The number of rotatable bonds is 33. The number of aliphatic hydroxyl groups is 4. The monoisotopic (exact) mass is 801 g/mol. The summed E-state index contributed by atoms with van der Waals surface area (Å²) in [5.41, 5.74) is 0.348. The molecule has 1 aliphatic rings. The first-order valence-electron chi connectivity index (χ1n) is 20.4. The van der Waals surface area contributed by atoms with Gasteiger partial charge in [0.05, 0.1) is 39.2 Å². The van der Waals surface area contributed by atoms with Crippen molar-refractivity contribution in [3.63, 3.8) is 0 Å². The van der Waals surface area contributed by atoms with E-state index < -0.39 is 79.6 Å². The van der Waals surface area contributed by atoms with Gasteiger partial charge in [-0.05, 0) is 12.8 Å². The molecule has 1 aromatic heterocycles. The van der Waals surface area contributed by atoms with E-state index in [4.69, 9.17) is 19.3 Å². The number of hydrogen-bond acceptors (Lipinski definition) is 13. The zero-order valence-electron chi connectivity index (χ0n) is 33.0. The average Bonchev–Trinajstić information content (AvgIpc) is 3.62. The van der Waals surface area contributed by atoms with Gasteiger partial charge >= 0.3 is 11.9 Å². The van der Waals surface area contributed by atoms with E-state index in [2.05, 4.69) is 27.9 Å². The zero-order chi connectivity index (χ0) is 41.1. The second-order valence-corrected chi connectivity index (χ2v) is 14.6. The van der Waals surface area contributed by atoms with E-state index in [9.17, 15) is 44.7 Å². The summed E-state index contributed by atoms with van der Waals surface area (Å²) >= 11 is 0. The van der Waals surface area contributed by atoms with Gasteiger partial charge in [0.2, 0.25) is 11.8 Å². The summed E-state index contributed by atoms with van der Waals surface area (Å²) < 4.78 is 17.8. The second-order valence-electron chi connectivity index (χ2n) is 14.6. The van der Waals surface area contributed by atoms with E-state index in [1.165, 1.54) is 87.9 Å². The van der Waals surface area contributed by atoms with Crippen molar-refractivity contribution in [3.05, 3.63) is 11.9 Å². The van der Waals surface area contributed by atoms with Gasteiger partial charge in [0.1, 0.15) is 42.2 Å². The second kappa shape index (κ2) is 29.0. The molecule has 1 saturated heterocycles. The number of carboxylic acids is 2. The van der Waals surface area contributed by atoms with Gasteiger partial charge < -0.3 is 55.5 Å². The van der Waals surface area contributed by atoms with E-state index in [0.29, 0.717) is 12.1 Å². The molecule has 1 fully saturated rings. The standard InChI is InChI=1S/C38H67N5O13/c1-2-3-4-5-6-7-8-9-10-11-12-13-14-15-16-17-18-31(45)39-29(36(51)40-28(37(52)53)19-20-32(46)47)26-54-25-27-23-43(42-41-27)21-22-55-38-35(50)34(49)33(48)30(24-44)56-38/h23,28-30,33-35,38,44,48-50H,2-22,24-26H2,1H3,(H,39,45)(H,40,51)(H,46,47)(H,52,53)/t28-,29+,30?,33-,34+,35?,38-/m1/s1. The molecule has 18 nitrogen and oxygen atoms in total. The largest absolute Gasteiger partial charge is 0.481 e. The summed E-state index contributed by atoms with van der Waals surface area (Å²) in [6, 6.07) is -2.75. The number of carbonyl (C=O) groups is 4. The molecule has 2 heterocycles. The van der Waals surface area contributed by atoms with Crippen molar-refractivity contribution in [2.24, 2.45) is 0 Å². The van der Waals surface area contributed by atoms with Crippen molar-refractivity contribution in [1.29, 1.82) is 0 Å². The van der Waals surface area contributed by atoms with Gasteiger partial charge in [0, 0.05) is 12.8 Å². The van der Waals surface area contributed by atoms with Crippen LogP contribution in [0.5, 0.6) is 0 Å². The molecule has 2 amide bonds. The molecule has 0 aromatic carbocycles. The van der Waals surface area contributed by atoms with Gasteiger partial charge in [0.25, 0.3) is 0 Å². The summed E-state index contributed by atoms with van der Waals surface area (Å²) in [4.78, 5) is 48.7. The van der Waals surface area contributed by atoms with Crippen molar-refractivity contribution < 1.29 is 64.0 Å². The molecule has 322 valence electrons. The lowest BCUT2D eigenvalue weighted by molar-refractivity contribution is -0.301. The molecule has 0 bridgehead atoms. The van der Waals surface area contributed by atoms with E-state index in [1.54, 1.807) is 0 Å². The van der Waals surface area contributed by atoms with Crippen molar-refractivity contribution in [3.8, 4) is 0 Å². The van der Waals surface area contributed by atoms with Crippen LogP contribution in [0.25, 0.3) is 0 Å². The Morgan fingerprint density at radius 3 is 1.95 bits per heavy atom. The molecule has 1 aliphatic heterocycles. The third-order valence-corrected chi connectivity index (χ3v) is 9.74. The first-order valence-corrected chi connectivity index (χ1v) is 20.4. The Morgan fingerprint density at radius 1 is 0.804 bits per heavy atom. The van der Waals surface area contributed by atoms with Crippen LogP contribution < -0.4 is 10.6 Å². The number of unbranched alkanes of at least 4 members (excludes halogenated alkanes) is 15. The fraction of sp³-hybridized carbons (Fsp3) is 0.842. The van der Waals surface area contributed by atoms with Crippen LogP contribution in [0.3, 0.4) is 0 Å². The molecule has 0 saturated carbocycles. The number of ether oxygens (including phenoxy) is 3. The number of aromatic nitrogens is 3. The SMILES string of the molecule is CCCCCCCCCCCCCCCCCCC(=O)N[C@@H](COCc1cn(CCO[C@@H]2OC(CO)[C@@H](O)[C@H](O)C2O)nn1)C(=O)N[C@H](CCC(=O)O)C(=O)O. The number of carboxylic acid groups (broad SMARTS) is 2. The Labute approximate surface area is 329 Å². The van der Waals surface area contributed by atoms with Crippen LogP contribution in [0.2, 0.25) is 0 Å². The van der Waals surface area contributed by atoms with Gasteiger partial charge in [-0.3, -0.25) is 14.4 Å². The third-order valence-electron chi connectivity index (χ3n) is 9.74. The van der Waals surface area contributed by atoms with Gasteiger partial charge in [-0.25, -0.2) is 9.48 Å². The number of carbonyl (C=O) groups excluding carboxylic acids is 2. The molecule has 8 N–H and O–H groups in total. The van der Waals surface area contributed by atoms with Crippen molar-refractivity contribution >= 4 is 23.8 Å². The fourth-order valence-corrected chi connectivity index (χ4v) is 6.34. The molecule has 56 heavy (non-hydrogen) atoms. The van der Waals surface area contributed by atoms with Gasteiger partial charge in [-0.2, -0.15) is 0 Å². The van der Waals surface area contributed by atoms with Crippen LogP contribution in [-0.4, -0.2) is 132 Å². The number of amides is 2. The van der Waals surface area contributed by atoms with Crippen LogP contribution >= 0.6 is 0 Å². The summed E-state index contributed by atoms with van der Waals surface area (Å²) in [6.07, 6.45) is 13.0. The Balaban J connectivity index is 1.76. The normalized spacial score (nSPS) is 20.7. The third kappa shape index (κ3) is 20.2. The Hall–Kier alpha value is -3.26. The lowest BCUT2D eigenvalue weighted by Gasteiger charge is -2.39. The molecule has 0 spiro atoms. The molecule has 0 radical (unpaired) electrons. The minimum atomic E-state index is -1.57. The number of hydrogen-bond donors (Lipinski definition) is 8. The number of aliphatic hydroxyl groups excluding tert-OH is 4. The van der Waals surface area contributed by atoms with Crippen LogP contribution in [-0.2, 0) is 46.5 Å². The molecular formula is C38H67N5O13. The van der Waals surface area contributed by atoms with Crippen molar-refractivity contribution in [1.82, 2.24) is 25.6 Å². The lowest BCUT2D eigenvalue weighted by atomic mass is 9.99. The Bertz CT molecular complexity index is 1250. The maximum Gasteiger partial charge on any atom is 0.326 e. The zero-order valence-corrected chi connectivity index (χ0v) is 33.0. The molecule has 0 aliphatic carbocycles. The van der Waals surface area contributed by atoms with Gasteiger partial charge in [-0.1, -0.05) is 108 Å². The van der Waals surface area contributed by atoms with Crippen LogP contribution in [0.15, 0.2) is 6.20 Å². The highest BCUT2D eigenvalue weighted by atomic mass is 16.7. The highest BCUT2D eigenvalue weighted by Crippen LogP contribution is 2.22. The van der Waals surface area contributed by atoms with Crippen LogP contribution in [0, 0.1) is 0 Å². The number of nitrogens with zero attached hydrogens (tertiary/aromatic N) is 3. The Kier molecular flexibility index (Phi) is 25.3. The summed E-state index contributed by atoms with van der Waals surface area (Å²) in [7, 11) is 0. The van der Waals surface area contributed by atoms with Gasteiger partial charge in [-0.15, -0.1) is 5.10 Å². The molecule has 2 rings (SSSR count). The maximum atomic E-state index is 13.1. The number of nitrogens with one attached hydrogen (secondary N) is 2. The topological polar surface area (TPSA) is 272 Å². The smallest absolute Gasteiger partial charge is 0.326 e.